The number of likely N-dealkylation sites (tertiary alicyclic amines) is 1. The Labute approximate surface area is 170 Å². The van der Waals surface area contributed by atoms with Crippen LogP contribution in [-0.2, 0) is 9.47 Å². The highest BCUT2D eigenvalue weighted by atomic mass is 127. The molecule has 1 unspecified atom stereocenters. The minimum atomic E-state index is -0.156. The molecule has 0 aromatic rings. The first kappa shape index (κ1) is 22.9. The number of likely N-dealkylation sites (N-methyl/N-ethyl adjacent to an activating group) is 1. The number of hydrogen-bond donors (Lipinski definition) is 1. The molecule has 7 heteroatoms. The molecule has 0 aromatic carbocycles. The fourth-order valence-corrected chi connectivity index (χ4v) is 3.79. The first-order valence-corrected chi connectivity index (χ1v) is 9.58. The average molecular weight is 468 g/mol. The van der Waals surface area contributed by atoms with E-state index in [2.05, 4.69) is 35.9 Å². The summed E-state index contributed by atoms with van der Waals surface area (Å²) in [6.45, 7) is 14.2. The summed E-state index contributed by atoms with van der Waals surface area (Å²) in [6.07, 6.45) is 3.07. The SMILES string of the molecule is CCNC(=NCC1(OC)CCOCC1)N1CCC(N(CC)CC)C1.I. The number of halogens is 1. The highest BCUT2D eigenvalue weighted by Crippen LogP contribution is 2.25. The van der Waals surface area contributed by atoms with Gasteiger partial charge in [0.2, 0.25) is 0 Å². The van der Waals surface area contributed by atoms with Crippen molar-refractivity contribution in [2.75, 3.05) is 59.6 Å². The van der Waals surface area contributed by atoms with Crippen molar-refractivity contribution < 1.29 is 9.47 Å². The van der Waals surface area contributed by atoms with E-state index in [9.17, 15) is 0 Å². The molecule has 0 radical (unpaired) electrons. The first-order chi connectivity index (χ1) is 11.7. The van der Waals surface area contributed by atoms with Gasteiger partial charge in [0.25, 0.3) is 0 Å². The molecule has 0 aromatic heterocycles. The lowest BCUT2D eigenvalue weighted by Gasteiger charge is -2.35. The number of aliphatic imine (C=N–C) groups is 1. The number of guanidine groups is 1. The maximum atomic E-state index is 5.82. The summed E-state index contributed by atoms with van der Waals surface area (Å²) in [5.74, 6) is 1.04. The maximum absolute atomic E-state index is 5.82. The lowest BCUT2D eigenvalue weighted by atomic mass is 9.94. The standard InChI is InChI=1S/C18H36N4O2.HI/c1-5-19-17(20-15-18(23-4)9-12-24-13-10-18)22-11-8-16(14-22)21(6-2)7-3;/h16H,5-15H2,1-4H3,(H,19,20);1H. The number of methoxy groups -OCH3 is 1. The van der Waals surface area contributed by atoms with Gasteiger partial charge in [-0.05, 0) is 26.4 Å². The zero-order valence-corrected chi connectivity index (χ0v) is 18.8. The van der Waals surface area contributed by atoms with E-state index in [4.69, 9.17) is 14.5 Å². The van der Waals surface area contributed by atoms with E-state index in [-0.39, 0.29) is 29.6 Å². The molecule has 0 amide bonds. The van der Waals surface area contributed by atoms with Crippen LogP contribution in [0, 0.1) is 0 Å². The van der Waals surface area contributed by atoms with Gasteiger partial charge in [-0.3, -0.25) is 9.89 Å². The molecule has 25 heavy (non-hydrogen) atoms. The molecule has 6 nitrogen and oxygen atoms in total. The largest absolute Gasteiger partial charge is 0.381 e. The third-order valence-electron chi connectivity index (χ3n) is 5.48. The van der Waals surface area contributed by atoms with E-state index in [1.165, 1.54) is 6.42 Å². The fraction of sp³-hybridized carbons (Fsp3) is 0.944. The number of hydrogen-bond acceptors (Lipinski definition) is 4. The summed E-state index contributed by atoms with van der Waals surface area (Å²) in [6, 6.07) is 0.642. The van der Waals surface area contributed by atoms with E-state index < -0.39 is 0 Å². The lowest BCUT2D eigenvalue weighted by Crippen LogP contribution is -2.45. The molecule has 2 saturated heterocycles. The predicted octanol–water partition coefficient (Wildman–Crippen LogP) is 2.18. The van der Waals surface area contributed by atoms with Gasteiger partial charge in [-0.25, -0.2) is 0 Å². The van der Waals surface area contributed by atoms with Crippen LogP contribution in [-0.4, -0.2) is 87.0 Å². The second-order valence-electron chi connectivity index (χ2n) is 6.78. The lowest BCUT2D eigenvalue weighted by molar-refractivity contribution is -0.0829. The number of nitrogens with one attached hydrogen (secondary N) is 1. The molecule has 148 valence electrons. The van der Waals surface area contributed by atoms with Crippen LogP contribution >= 0.6 is 24.0 Å². The van der Waals surface area contributed by atoms with Crippen LogP contribution in [0.1, 0.15) is 40.0 Å². The maximum Gasteiger partial charge on any atom is 0.194 e. The van der Waals surface area contributed by atoms with Crippen LogP contribution < -0.4 is 5.32 Å². The quantitative estimate of drug-likeness (QED) is 0.353. The Morgan fingerprint density at radius 1 is 1.28 bits per heavy atom. The zero-order valence-electron chi connectivity index (χ0n) is 16.4. The highest BCUT2D eigenvalue weighted by molar-refractivity contribution is 14.0. The molecule has 2 aliphatic rings. The van der Waals surface area contributed by atoms with E-state index in [0.717, 1.165) is 64.7 Å². The summed E-state index contributed by atoms with van der Waals surface area (Å²) in [7, 11) is 1.81. The van der Waals surface area contributed by atoms with Gasteiger partial charge in [-0.1, -0.05) is 13.8 Å². The van der Waals surface area contributed by atoms with Crippen molar-refractivity contribution in [3.8, 4) is 0 Å². The molecule has 0 spiro atoms. The predicted molar refractivity (Wildman–Crippen MR) is 114 cm³/mol. The molecular weight excluding hydrogens is 431 g/mol. The Hall–Kier alpha value is -0.120. The average Bonchev–Trinajstić information content (AvgIpc) is 3.10. The minimum Gasteiger partial charge on any atom is -0.381 e. The summed E-state index contributed by atoms with van der Waals surface area (Å²) < 4.78 is 11.3. The minimum absolute atomic E-state index is 0. The molecule has 2 heterocycles. The van der Waals surface area contributed by atoms with Gasteiger partial charge in [0, 0.05) is 58.8 Å². The van der Waals surface area contributed by atoms with Gasteiger partial charge in [0.05, 0.1) is 12.1 Å². The molecule has 1 atom stereocenters. The van der Waals surface area contributed by atoms with Crippen LogP contribution in [0.15, 0.2) is 4.99 Å². The zero-order chi connectivity index (χ0) is 17.4. The molecule has 0 aliphatic carbocycles. The Morgan fingerprint density at radius 3 is 2.52 bits per heavy atom. The molecule has 0 saturated carbocycles. The van der Waals surface area contributed by atoms with E-state index in [1.54, 1.807) is 7.11 Å². The molecular formula is C18H37IN4O2. The van der Waals surface area contributed by atoms with Crippen molar-refractivity contribution >= 4 is 29.9 Å². The van der Waals surface area contributed by atoms with Crippen molar-refractivity contribution in [1.82, 2.24) is 15.1 Å². The van der Waals surface area contributed by atoms with Gasteiger partial charge in [-0.15, -0.1) is 24.0 Å². The summed E-state index contributed by atoms with van der Waals surface area (Å²) in [5, 5.41) is 3.47. The summed E-state index contributed by atoms with van der Waals surface area (Å²) in [5.41, 5.74) is -0.156. The summed E-state index contributed by atoms with van der Waals surface area (Å²) >= 11 is 0. The number of ether oxygens (including phenoxy) is 2. The van der Waals surface area contributed by atoms with E-state index >= 15 is 0 Å². The van der Waals surface area contributed by atoms with Crippen molar-refractivity contribution in [2.24, 2.45) is 4.99 Å². The highest BCUT2D eigenvalue weighted by Gasteiger charge is 2.33. The third-order valence-corrected chi connectivity index (χ3v) is 5.48. The smallest absolute Gasteiger partial charge is 0.194 e. The number of nitrogens with zero attached hydrogens (tertiary/aromatic N) is 3. The van der Waals surface area contributed by atoms with E-state index in [1.807, 2.05) is 0 Å². The van der Waals surface area contributed by atoms with Crippen molar-refractivity contribution in [3.05, 3.63) is 0 Å². The van der Waals surface area contributed by atoms with Crippen LogP contribution in [0.3, 0.4) is 0 Å². The van der Waals surface area contributed by atoms with Gasteiger partial charge >= 0.3 is 0 Å². The molecule has 2 aliphatic heterocycles. The molecule has 1 N–H and O–H groups in total. The Kier molecular flexibility index (Phi) is 10.6. The van der Waals surface area contributed by atoms with Gasteiger partial charge in [0.15, 0.2) is 5.96 Å². The van der Waals surface area contributed by atoms with Gasteiger partial charge in [-0.2, -0.15) is 0 Å². The van der Waals surface area contributed by atoms with Gasteiger partial charge < -0.3 is 19.7 Å². The molecule has 2 rings (SSSR count). The Bertz CT molecular complexity index is 399. The Balaban J connectivity index is 0.00000312. The van der Waals surface area contributed by atoms with Crippen LogP contribution in [0.2, 0.25) is 0 Å². The molecule has 0 bridgehead atoms. The van der Waals surface area contributed by atoms with Crippen molar-refractivity contribution in [3.63, 3.8) is 0 Å². The summed E-state index contributed by atoms with van der Waals surface area (Å²) in [4.78, 5) is 9.91. The second kappa shape index (κ2) is 11.6. The number of rotatable bonds is 7. The topological polar surface area (TPSA) is 49.3 Å². The van der Waals surface area contributed by atoms with Crippen LogP contribution in [0.4, 0.5) is 0 Å². The van der Waals surface area contributed by atoms with Crippen LogP contribution in [0.5, 0.6) is 0 Å². The van der Waals surface area contributed by atoms with Crippen LogP contribution in [0.25, 0.3) is 0 Å². The van der Waals surface area contributed by atoms with Crippen molar-refractivity contribution in [1.29, 1.82) is 0 Å². The fourth-order valence-electron chi connectivity index (χ4n) is 3.79. The second-order valence-corrected chi connectivity index (χ2v) is 6.78. The van der Waals surface area contributed by atoms with E-state index in [0.29, 0.717) is 12.6 Å². The third kappa shape index (κ3) is 6.22. The first-order valence-electron chi connectivity index (χ1n) is 9.58. The monoisotopic (exact) mass is 468 g/mol. The molecule has 2 fully saturated rings. The van der Waals surface area contributed by atoms with Gasteiger partial charge in [0.1, 0.15) is 0 Å². The Morgan fingerprint density at radius 2 is 1.96 bits per heavy atom. The van der Waals surface area contributed by atoms with Crippen molar-refractivity contribution in [2.45, 2.75) is 51.7 Å². The normalized spacial score (nSPS) is 23.6.